The van der Waals surface area contributed by atoms with Gasteiger partial charge in [0.15, 0.2) is 0 Å². The largest absolute Gasteiger partial charge is 0.497 e. The van der Waals surface area contributed by atoms with Crippen LogP contribution in [0.15, 0.2) is 28.6 Å². The van der Waals surface area contributed by atoms with Gasteiger partial charge in [-0.1, -0.05) is 23.5 Å². The molecular weight excluding hydrogens is 368 g/mol. The molecule has 2 rings (SSSR count). The van der Waals surface area contributed by atoms with Gasteiger partial charge in [-0.25, -0.2) is 8.42 Å². The second kappa shape index (κ2) is 7.87. The normalized spacial score (nSPS) is 12.8. The summed E-state index contributed by atoms with van der Waals surface area (Å²) in [5.41, 5.74) is 0.555. The Hall–Kier alpha value is -2.08. The Morgan fingerprint density at radius 3 is 2.56 bits per heavy atom. The average Bonchev–Trinajstić information content (AvgIpc) is 3.03. The van der Waals surface area contributed by atoms with Crippen LogP contribution in [0, 0.1) is 0 Å². The lowest BCUT2D eigenvalue weighted by Crippen LogP contribution is -2.31. The fraction of sp³-hybridized carbons (Fsp3) is 0.357. The number of rotatable bonds is 7. The highest BCUT2D eigenvalue weighted by Gasteiger charge is 2.28. The molecule has 9 nitrogen and oxygen atoms in total. The number of nitrogens with one attached hydrogen (secondary N) is 1. The fourth-order valence-electron chi connectivity index (χ4n) is 1.92. The summed E-state index contributed by atoms with van der Waals surface area (Å²) < 4.78 is 30.7. The summed E-state index contributed by atoms with van der Waals surface area (Å²) >= 11 is 0.742. The second-order valence-corrected chi connectivity index (χ2v) is 8.32. The van der Waals surface area contributed by atoms with Gasteiger partial charge < -0.3 is 15.2 Å². The lowest BCUT2D eigenvalue weighted by molar-refractivity contribution is -0.114. The number of nitrogens with zero attached hydrogens (tertiary/aromatic N) is 3. The first-order valence-electron chi connectivity index (χ1n) is 7.13. The van der Waals surface area contributed by atoms with Gasteiger partial charge in [-0.05, 0) is 17.7 Å². The number of aliphatic hydroxyl groups excluding tert-OH is 1. The fourth-order valence-corrected chi connectivity index (χ4v) is 4.23. The number of hydrogen-bond donors (Lipinski definition) is 2. The number of carbonyl (C=O) groups is 1. The molecule has 0 aliphatic rings. The molecule has 2 aromatic rings. The standard InChI is InChI=1S/C14H18N4O5S2/c1-9(19)15-13-16-17-14(24-13)25(21,22)18(2)8-12(20)10-4-6-11(23-3)7-5-10/h4-7,12,20H,8H2,1-3H3,(H,15,16,19). The second-order valence-electron chi connectivity index (χ2n) is 5.13. The zero-order valence-corrected chi connectivity index (χ0v) is 15.5. The summed E-state index contributed by atoms with van der Waals surface area (Å²) in [7, 11) is -1.06. The summed E-state index contributed by atoms with van der Waals surface area (Å²) in [6.07, 6.45) is -1.02. The van der Waals surface area contributed by atoms with Crippen LogP contribution < -0.4 is 10.1 Å². The van der Waals surface area contributed by atoms with Crippen LogP contribution in [0.2, 0.25) is 0 Å². The van der Waals surface area contributed by atoms with Crippen molar-refractivity contribution in [3.05, 3.63) is 29.8 Å². The Balaban J connectivity index is 2.10. The SMILES string of the molecule is COc1ccc(C(O)CN(C)S(=O)(=O)c2nnc(NC(C)=O)s2)cc1. The quantitative estimate of drug-likeness (QED) is 0.677. The molecule has 136 valence electrons. The molecule has 0 spiro atoms. The Kier molecular flexibility index (Phi) is 6.06. The molecule has 2 N–H and O–H groups in total. The Morgan fingerprint density at radius 2 is 2.00 bits per heavy atom. The third-order valence-corrected chi connectivity index (χ3v) is 6.26. The number of methoxy groups -OCH3 is 1. The molecule has 1 heterocycles. The molecule has 25 heavy (non-hydrogen) atoms. The van der Waals surface area contributed by atoms with Crippen LogP contribution in [0.3, 0.4) is 0 Å². The van der Waals surface area contributed by atoms with Gasteiger partial charge >= 0.3 is 0 Å². The third kappa shape index (κ3) is 4.72. The van der Waals surface area contributed by atoms with Crippen molar-refractivity contribution in [3.63, 3.8) is 0 Å². The van der Waals surface area contributed by atoms with Crippen LogP contribution in [0.1, 0.15) is 18.6 Å². The van der Waals surface area contributed by atoms with E-state index in [0.29, 0.717) is 11.3 Å². The number of hydrogen-bond acceptors (Lipinski definition) is 8. The van der Waals surface area contributed by atoms with E-state index in [0.717, 1.165) is 15.6 Å². The van der Waals surface area contributed by atoms with E-state index in [1.54, 1.807) is 24.3 Å². The summed E-state index contributed by atoms with van der Waals surface area (Å²) in [5, 5.41) is 19.9. The van der Waals surface area contributed by atoms with E-state index >= 15 is 0 Å². The van der Waals surface area contributed by atoms with Gasteiger partial charge in [0.1, 0.15) is 5.75 Å². The molecule has 0 saturated heterocycles. The summed E-state index contributed by atoms with van der Waals surface area (Å²) in [6, 6.07) is 6.67. The zero-order chi connectivity index (χ0) is 18.6. The minimum atomic E-state index is -3.93. The van der Waals surface area contributed by atoms with Crippen LogP contribution in [-0.2, 0) is 14.8 Å². The lowest BCUT2D eigenvalue weighted by atomic mass is 10.1. The van der Waals surface area contributed by atoms with Crippen LogP contribution in [0.25, 0.3) is 0 Å². The Labute approximate surface area is 149 Å². The zero-order valence-electron chi connectivity index (χ0n) is 13.8. The van der Waals surface area contributed by atoms with Crippen molar-refractivity contribution < 1.29 is 23.1 Å². The van der Waals surface area contributed by atoms with Crippen molar-refractivity contribution in [3.8, 4) is 5.75 Å². The minimum absolute atomic E-state index is 0.0928. The number of sulfonamides is 1. The maximum atomic E-state index is 12.5. The molecule has 0 aliphatic carbocycles. The van der Waals surface area contributed by atoms with E-state index in [1.807, 2.05) is 0 Å². The molecular formula is C14H18N4O5S2. The molecule has 0 saturated carbocycles. The van der Waals surface area contributed by atoms with E-state index in [9.17, 15) is 18.3 Å². The van der Waals surface area contributed by atoms with Gasteiger partial charge in [0.05, 0.1) is 13.2 Å². The highest BCUT2D eigenvalue weighted by molar-refractivity contribution is 7.91. The van der Waals surface area contributed by atoms with E-state index in [4.69, 9.17) is 4.74 Å². The summed E-state index contributed by atoms with van der Waals surface area (Å²) in [4.78, 5) is 11.0. The molecule has 1 unspecified atom stereocenters. The average molecular weight is 386 g/mol. The first-order chi connectivity index (χ1) is 11.7. The maximum absolute atomic E-state index is 12.5. The minimum Gasteiger partial charge on any atom is -0.497 e. The maximum Gasteiger partial charge on any atom is 0.272 e. The Morgan fingerprint density at radius 1 is 1.36 bits per heavy atom. The van der Waals surface area contributed by atoms with Crippen LogP contribution in [0.5, 0.6) is 5.75 Å². The van der Waals surface area contributed by atoms with E-state index < -0.39 is 16.1 Å². The van der Waals surface area contributed by atoms with E-state index in [1.165, 1.54) is 21.1 Å². The molecule has 0 bridgehead atoms. The number of anilines is 1. The molecule has 0 aliphatic heterocycles. The number of amides is 1. The van der Waals surface area contributed by atoms with Crippen molar-refractivity contribution in [1.29, 1.82) is 0 Å². The van der Waals surface area contributed by atoms with Gasteiger partial charge in [0, 0.05) is 20.5 Å². The number of likely N-dealkylation sites (N-methyl/N-ethyl adjacent to an activating group) is 1. The molecule has 1 amide bonds. The van der Waals surface area contributed by atoms with Gasteiger partial charge in [-0.3, -0.25) is 4.79 Å². The number of carbonyl (C=O) groups excluding carboxylic acids is 1. The molecule has 1 aromatic heterocycles. The third-order valence-electron chi connectivity index (χ3n) is 3.25. The summed E-state index contributed by atoms with van der Waals surface area (Å²) in [6.45, 7) is 1.12. The van der Waals surface area contributed by atoms with Gasteiger partial charge in [-0.15, -0.1) is 10.2 Å². The van der Waals surface area contributed by atoms with Crippen molar-refractivity contribution in [2.24, 2.45) is 0 Å². The van der Waals surface area contributed by atoms with E-state index in [-0.39, 0.29) is 21.9 Å². The Bertz CT molecular complexity index is 835. The molecule has 1 aromatic carbocycles. The van der Waals surface area contributed by atoms with Gasteiger partial charge in [0.25, 0.3) is 10.0 Å². The molecule has 0 radical (unpaired) electrons. The highest BCUT2D eigenvalue weighted by Crippen LogP contribution is 2.25. The van der Waals surface area contributed by atoms with Crippen molar-refractivity contribution >= 4 is 32.4 Å². The van der Waals surface area contributed by atoms with Crippen LogP contribution >= 0.6 is 11.3 Å². The topological polar surface area (TPSA) is 122 Å². The van der Waals surface area contributed by atoms with E-state index in [2.05, 4.69) is 15.5 Å². The molecule has 0 fully saturated rings. The number of aromatic nitrogens is 2. The summed E-state index contributed by atoms with van der Waals surface area (Å²) in [5.74, 6) is 0.264. The monoisotopic (exact) mass is 386 g/mol. The predicted molar refractivity (Wildman–Crippen MR) is 92.0 cm³/mol. The van der Waals surface area contributed by atoms with Gasteiger partial charge in [-0.2, -0.15) is 4.31 Å². The smallest absolute Gasteiger partial charge is 0.272 e. The molecule has 1 atom stereocenters. The first kappa shape index (κ1) is 19.2. The number of ether oxygens (including phenoxy) is 1. The number of aliphatic hydroxyl groups is 1. The number of benzene rings is 1. The highest BCUT2D eigenvalue weighted by atomic mass is 32.2. The van der Waals surface area contributed by atoms with Crippen LogP contribution in [-0.4, -0.2) is 54.6 Å². The predicted octanol–water partition coefficient (Wildman–Crippen LogP) is 0.859. The van der Waals surface area contributed by atoms with Gasteiger partial charge in [0.2, 0.25) is 15.4 Å². The molecule has 11 heteroatoms. The first-order valence-corrected chi connectivity index (χ1v) is 9.39. The van der Waals surface area contributed by atoms with Crippen LogP contribution in [0.4, 0.5) is 5.13 Å². The van der Waals surface area contributed by atoms with Crippen molar-refractivity contribution in [2.75, 3.05) is 26.0 Å². The van der Waals surface area contributed by atoms with Crippen molar-refractivity contribution in [2.45, 2.75) is 17.4 Å². The van der Waals surface area contributed by atoms with Crippen molar-refractivity contribution in [1.82, 2.24) is 14.5 Å². The lowest BCUT2D eigenvalue weighted by Gasteiger charge is -2.19.